The number of pyridine rings is 1. The number of benzene rings is 1. The van der Waals surface area contributed by atoms with Crippen molar-refractivity contribution < 1.29 is 4.42 Å². The summed E-state index contributed by atoms with van der Waals surface area (Å²) in [7, 11) is 0. The Morgan fingerprint density at radius 3 is 2.83 bits per heavy atom. The van der Waals surface area contributed by atoms with Crippen molar-refractivity contribution in [1.29, 1.82) is 0 Å². The van der Waals surface area contributed by atoms with Gasteiger partial charge in [0.05, 0.1) is 6.26 Å². The molecular weight excluding hydrogens is 224 g/mol. The first-order valence-corrected chi connectivity index (χ1v) is 5.82. The molecule has 3 nitrogen and oxygen atoms in total. The molecule has 0 unspecified atom stereocenters. The summed E-state index contributed by atoms with van der Waals surface area (Å²) in [6.45, 7) is 0. The second-order valence-corrected chi connectivity index (χ2v) is 4.27. The van der Waals surface area contributed by atoms with Crippen LogP contribution in [0.25, 0.3) is 33.3 Å². The van der Waals surface area contributed by atoms with Crippen LogP contribution < -0.4 is 0 Å². The van der Waals surface area contributed by atoms with E-state index in [1.807, 2.05) is 30.5 Å². The molecule has 0 saturated carbocycles. The molecule has 0 aliphatic rings. The molecule has 0 saturated heterocycles. The Hall–Kier alpha value is -2.55. The van der Waals surface area contributed by atoms with Crippen LogP contribution in [0.1, 0.15) is 0 Å². The molecule has 1 N–H and O–H groups in total. The third-order valence-corrected chi connectivity index (χ3v) is 3.16. The first-order chi connectivity index (χ1) is 8.92. The number of aromatic amines is 1. The number of H-pyrrole nitrogens is 1. The maximum atomic E-state index is 5.41. The summed E-state index contributed by atoms with van der Waals surface area (Å²) >= 11 is 0. The molecule has 4 aromatic rings. The number of nitrogens with zero attached hydrogens (tertiary/aromatic N) is 1. The lowest BCUT2D eigenvalue weighted by molar-refractivity contribution is 0.582. The van der Waals surface area contributed by atoms with Gasteiger partial charge in [0.2, 0.25) is 0 Å². The van der Waals surface area contributed by atoms with E-state index in [9.17, 15) is 0 Å². The summed E-state index contributed by atoms with van der Waals surface area (Å²) in [5.41, 5.74) is 3.01. The van der Waals surface area contributed by atoms with Crippen LogP contribution in [0.2, 0.25) is 0 Å². The molecule has 0 atom stereocenters. The zero-order chi connectivity index (χ0) is 11.9. The van der Waals surface area contributed by atoms with Gasteiger partial charge in [-0.15, -0.1) is 0 Å². The molecule has 0 aliphatic heterocycles. The van der Waals surface area contributed by atoms with Gasteiger partial charge in [-0.05, 0) is 24.3 Å². The van der Waals surface area contributed by atoms with Gasteiger partial charge < -0.3 is 9.40 Å². The van der Waals surface area contributed by atoms with Crippen molar-refractivity contribution in [3.05, 3.63) is 54.9 Å². The van der Waals surface area contributed by atoms with Gasteiger partial charge in [-0.1, -0.05) is 18.2 Å². The fourth-order valence-corrected chi connectivity index (χ4v) is 2.30. The minimum atomic E-state index is 0.842. The Morgan fingerprint density at radius 1 is 1.00 bits per heavy atom. The topological polar surface area (TPSA) is 41.8 Å². The number of hydrogen-bond donors (Lipinski definition) is 1. The highest BCUT2D eigenvalue weighted by Gasteiger charge is 2.07. The highest BCUT2D eigenvalue weighted by Crippen LogP contribution is 2.28. The molecule has 3 aromatic heterocycles. The Morgan fingerprint density at radius 2 is 1.94 bits per heavy atom. The fraction of sp³-hybridized carbons (Fsp3) is 0. The van der Waals surface area contributed by atoms with Crippen molar-refractivity contribution in [3.63, 3.8) is 0 Å². The van der Waals surface area contributed by atoms with Crippen LogP contribution in [0.3, 0.4) is 0 Å². The summed E-state index contributed by atoms with van der Waals surface area (Å²) in [5.74, 6) is 0.842. The Bertz CT molecular complexity index is 828. The van der Waals surface area contributed by atoms with E-state index in [4.69, 9.17) is 4.42 Å². The molecule has 3 heterocycles. The lowest BCUT2D eigenvalue weighted by atomic mass is 10.1. The maximum Gasteiger partial charge on any atom is 0.138 e. The predicted molar refractivity (Wildman–Crippen MR) is 71.3 cm³/mol. The number of fused-ring (bicyclic) bond motifs is 3. The first-order valence-electron chi connectivity index (χ1n) is 5.82. The predicted octanol–water partition coefficient (Wildman–Crippen LogP) is 3.98. The molecule has 0 radical (unpaired) electrons. The van der Waals surface area contributed by atoms with Crippen molar-refractivity contribution in [1.82, 2.24) is 9.97 Å². The van der Waals surface area contributed by atoms with Crippen LogP contribution in [0, 0.1) is 0 Å². The minimum Gasteiger partial charge on any atom is -0.464 e. The van der Waals surface area contributed by atoms with Crippen LogP contribution in [-0.4, -0.2) is 9.97 Å². The molecule has 0 amide bonds. The van der Waals surface area contributed by atoms with E-state index in [-0.39, 0.29) is 0 Å². The lowest BCUT2D eigenvalue weighted by Crippen LogP contribution is -1.79. The van der Waals surface area contributed by atoms with Crippen LogP contribution in [-0.2, 0) is 0 Å². The van der Waals surface area contributed by atoms with E-state index in [2.05, 4.69) is 28.2 Å². The summed E-state index contributed by atoms with van der Waals surface area (Å²) in [6, 6.07) is 14.2. The van der Waals surface area contributed by atoms with Gasteiger partial charge in [0, 0.05) is 28.0 Å². The second kappa shape index (κ2) is 3.47. The standard InChI is InChI=1S/C15H10N2O/c1-2-5-13-11(4-1)12-8-10(9-16-15(12)17-13)14-6-3-7-18-14/h1-9H,(H,16,17). The minimum absolute atomic E-state index is 0.842. The lowest BCUT2D eigenvalue weighted by Gasteiger charge is -1.96. The highest BCUT2D eigenvalue weighted by atomic mass is 16.3. The first kappa shape index (κ1) is 9.48. The fourth-order valence-electron chi connectivity index (χ4n) is 2.30. The van der Waals surface area contributed by atoms with Crippen molar-refractivity contribution >= 4 is 21.9 Å². The SMILES string of the molecule is c1coc(-c2cnc3[nH]c4ccccc4c3c2)c1. The van der Waals surface area contributed by atoms with E-state index in [0.29, 0.717) is 0 Å². The average Bonchev–Trinajstić information content (AvgIpc) is 3.05. The molecule has 1 aromatic carbocycles. The second-order valence-electron chi connectivity index (χ2n) is 4.27. The number of para-hydroxylation sites is 1. The monoisotopic (exact) mass is 234 g/mol. The van der Waals surface area contributed by atoms with Gasteiger partial charge in [0.15, 0.2) is 0 Å². The van der Waals surface area contributed by atoms with Gasteiger partial charge in [-0.2, -0.15) is 0 Å². The number of furan rings is 1. The van der Waals surface area contributed by atoms with Crippen LogP contribution in [0.4, 0.5) is 0 Å². The smallest absolute Gasteiger partial charge is 0.138 e. The third-order valence-electron chi connectivity index (χ3n) is 3.16. The van der Waals surface area contributed by atoms with E-state index in [1.165, 1.54) is 5.39 Å². The summed E-state index contributed by atoms with van der Waals surface area (Å²) in [5, 5.41) is 2.31. The van der Waals surface area contributed by atoms with E-state index in [0.717, 1.165) is 27.9 Å². The van der Waals surface area contributed by atoms with Crippen molar-refractivity contribution in [2.75, 3.05) is 0 Å². The maximum absolute atomic E-state index is 5.41. The van der Waals surface area contributed by atoms with Crippen LogP contribution >= 0.6 is 0 Å². The summed E-state index contributed by atoms with van der Waals surface area (Å²) in [6.07, 6.45) is 3.51. The Kier molecular flexibility index (Phi) is 1.83. The molecule has 0 fully saturated rings. The quantitative estimate of drug-likeness (QED) is 0.541. The molecule has 3 heteroatoms. The molecule has 0 spiro atoms. The molecular formula is C15H10N2O. The van der Waals surface area contributed by atoms with Crippen LogP contribution in [0.5, 0.6) is 0 Å². The molecule has 86 valence electrons. The van der Waals surface area contributed by atoms with Gasteiger partial charge in [-0.3, -0.25) is 0 Å². The normalized spacial score (nSPS) is 11.3. The van der Waals surface area contributed by atoms with Crippen molar-refractivity contribution in [2.45, 2.75) is 0 Å². The van der Waals surface area contributed by atoms with E-state index in [1.54, 1.807) is 6.26 Å². The summed E-state index contributed by atoms with van der Waals surface area (Å²) < 4.78 is 5.41. The van der Waals surface area contributed by atoms with E-state index >= 15 is 0 Å². The van der Waals surface area contributed by atoms with Gasteiger partial charge in [0.25, 0.3) is 0 Å². The molecule has 0 bridgehead atoms. The highest BCUT2D eigenvalue weighted by molar-refractivity contribution is 6.06. The average molecular weight is 234 g/mol. The van der Waals surface area contributed by atoms with Crippen molar-refractivity contribution in [3.8, 4) is 11.3 Å². The Balaban J connectivity index is 2.07. The molecule has 18 heavy (non-hydrogen) atoms. The van der Waals surface area contributed by atoms with Crippen LogP contribution in [0.15, 0.2) is 59.3 Å². The summed E-state index contributed by atoms with van der Waals surface area (Å²) in [4.78, 5) is 7.77. The zero-order valence-electron chi connectivity index (χ0n) is 9.55. The largest absolute Gasteiger partial charge is 0.464 e. The third kappa shape index (κ3) is 1.27. The van der Waals surface area contributed by atoms with Gasteiger partial charge in [-0.25, -0.2) is 4.98 Å². The Labute approximate surface area is 103 Å². The number of nitrogens with one attached hydrogen (secondary N) is 1. The molecule has 4 rings (SSSR count). The number of hydrogen-bond acceptors (Lipinski definition) is 2. The van der Waals surface area contributed by atoms with Gasteiger partial charge in [0.1, 0.15) is 11.4 Å². The molecule has 0 aliphatic carbocycles. The number of aromatic nitrogens is 2. The van der Waals surface area contributed by atoms with Gasteiger partial charge >= 0.3 is 0 Å². The van der Waals surface area contributed by atoms with Crippen molar-refractivity contribution in [2.24, 2.45) is 0 Å². The van der Waals surface area contributed by atoms with E-state index < -0.39 is 0 Å². The zero-order valence-corrected chi connectivity index (χ0v) is 9.55. The number of rotatable bonds is 1.